The molecule has 0 heterocycles. The van der Waals surface area contributed by atoms with E-state index in [4.69, 9.17) is 44.3 Å². The minimum atomic E-state index is 0.173. The molecule has 0 bridgehead atoms. The molecule has 0 saturated heterocycles. The summed E-state index contributed by atoms with van der Waals surface area (Å²) in [4.78, 5) is 0. The molecule has 0 radical (unpaired) electrons. The van der Waals surface area contributed by atoms with Crippen LogP contribution in [-0.2, 0) is 0 Å². The van der Waals surface area contributed by atoms with Crippen molar-refractivity contribution in [2.75, 3.05) is 6.61 Å². The van der Waals surface area contributed by atoms with Gasteiger partial charge in [-0.2, -0.15) is 0 Å². The lowest BCUT2D eigenvalue weighted by Crippen LogP contribution is -1.94. The Bertz CT molecular complexity index is 655. The van der Waals surface area contributed by atoms with Crippen molar-refractivity contribution in [1.29, 1.82) is 0 Å². The molecule has 6 heteroatoms. The first-order valence-corrected chi connectivity index (χ1v) is 7.84. The molecule has 0 N–H and O–H groups in total. The molecule has 0 aliphatic heterocycles. The minimum Gasteiger partial charge on any atom is -0.488 e. The van der Waals surface area contributed by atoms with Gasteiger partial charge in [-0.1, -0.05) is 40.9 Å². The Morgan fingerprint density at radius 1 is 1.10 bits per heavy atom. The molecular weight excluding hydrogens is 398 g/mol. The second kappa shape index (κ2) is 7.95. The third-order valence-corrected chi connectivity index (χ3v) is 3.58. The topological polar surface area (TPSA) is 18.5 Å². The van der Waals surface area contributed by atoms with Gasteiger partial charge in [0, 0.05) is 5.02 Å². The van der Waals surface area contributed by atoms with E-state index in [0.29, 0.717) is 22.3 Å². The van der Waals surface area contributed by atoms with Crippen LogP contribution in [0.4, 0.5) is 0 Å². The van der Waals surface area contributed by atoms with Crippen molar-refractivity contribution >= 4 is 50.7 Å². The van der Waals surface area contributed by atoms with Crippen molar-refractivity contribution in [3.63, 3.8) is 0 Å². The predicted octanol–water partition coefficient (Wildman–Crippen LogP) is 6.59. The largest absolute Gasteiger partial charge is 0.488 e. The van der Waals surface area contributed by atoms with Gasteiger partial charge in [0.05, 0.1) is 4.47 Å². The second-order valence-electron chi connectivity index (χ2n) is 3.96. The number of hydrogen-bond donors (Lipinski definition) is 0. The Morgan fingerprint density at radius 3 is 2.52 bits per heavy atom. The van der Waals surface area contributed by atoms with Crippen molar-refractivity contribution in [3.05, 3.63) is 62.5 Å². The Morgan fingerprint density at radius 2 is 1.86 bits per heavy atom. The molecule has 2 aromatic carbocycles. The van der Waals surface area contributed by atoms with Crippen LogP contribution in [0.3, 0.4) is 0 Å². The fourth-order valence-corrected chi connectivity index (χ4v) is 2.30. The standard InChI is InChI=1S/C15H10BrCl3O2/c16-13-9-12(21-11-3-1-2-10(17)8-11)4-5-14(13)20-7-6-15(18)19/h1-6,8-9H,7H2. The summed E-state index contributed by atoms with van der Waals surface area (Å²) in [5, 5.41) is 0.622. The summed E-state index contributed by atoms with van der Waals surface area (Å²) in [6.45, 7) is 0.287. The van der Waals surface area contributed by atoms with Gasteiger partial charge in [-0.15, -0.1) is 0 Å². The maximum atomic E-state index is 5.91. The van der Waals surface area contributed by atoms with E-state index < -0.39 is 0 Å². The summed E-state index contributed by atoms with van der Waals surface area (Å²) < 4.78 is 12.2. The van der Waals surface area contributed by atoms with Crippen LogP contribution in [0.1, 0.15) is 0 Å². The first kappa shape index (κ1) is 16.5. The first-order chi connectivity index (χ1) is 10.0. The van der Waals surface area contributed by atoms with Gasteiger partial charge in [0.2, 0.25) is 0 Å². The summed E-state index contributed by atoms with van der Waals surface area (Å²) >= 11 is 20.4. The fraction of sp³-hybridized carbons (Fsp3) is 0.0667. The second-order valence-corrected chi connectivity index (χ2v) is 6.26. The van der Waals surface area contributed by atoms with Crippen LogP contribution >= 0.6 is 50.7 Å². The van der Waals surface area contributed by atoms with Crippen molar-refractivity contribution in [2.45, 2.75) is 0 Å². The highest BCUT2D eigenvalue weighted by atomic mass is 79.9. The number of halogens is 4. The van der Waals surface area contributed by atoms with Crippen molar-refractivity contribution < 1.29 is 9.47 Å². The molecule has 0 unspecified atom stereocenters. The molecule has 0 atom stereocenters. The molecule has 110 valence electrons. The van der Waals surface area contributed by atoms with Crippen LogP contribution in [0.25, 0.3) is 0 Å². The molecular formula is C15H10BrCl3O2. The van der Waals surface area contributed by atoms with E-state index in [1.807, 2.05) is 18.2 Å². The maximum Gasteiger partial charge on any atom is 0.134 e. The normalized spacial score (nSPS) is 10.1. The molecule has 0 spiro atoms. The average Bonchev–Trinajstić information content (AvgIpc) is 2.41. The molecule has 0 aromatic heterocycles. The third-order valence-electron chi connectivity index (χ3n) is 2.41. The van der Waals surface area contributed by atoms with Crippen molar-refractivity contribution in [3.8, 4) is 17.2 Å². The van der Waals surface area contributed by atoms with E-state index in [0.717, 1.165) is 4.47 Å². The highest BCUT2D eigenvalue weighted by Crippen LogP contribution is 2.32. The quantitative estimate of drug-likeness (QED) is 0.555. The predicted molar refractivity (Wildman–Crippen MR) is 91.0 cm³/mol. The lowest BCUT2D eigenvalue weighted by atomic mass is 10.3. The zero-order valence-corrected chi connectivity index (χ0v) is 14.5. The smallest absolute Gasteiger partial charge is 0.134 e. The summed E-state index contributed by atoms with van der Waals surface area (Å²) in [5.74, 6) is 2.00. The first-order valence-electron chi connectivity index (χ1n) is 5.91. The molecule has 21 heavy (non-hydrogen) atoms. The zero-order valence-electron chi connectivity index (χ0n) is 10.7. The van der Waals surface area contributed by atoms with E-state index in [9.17, 15) is 0 Å². The van der Waals surface area contributed by atoms with Crippen LogP contribution in [0.5, 0.6) is 17.2 Å². The molecule has 0 fully saturated rings. The Balaban J connectivity index is 2.06. The molecule has 0 saturated carbocycles. The molecule has 0 aliphatic carbocycles. The van der Waals surface area contributed by atoms with Crippen molar-refractivity contribution in [1.82, 2.24) is 0 Å². The van der Waals surface area contributed by atoms with Gasteiger partial charge in [0.1, 0.15) is 28.3 Å². The van der Waals surface area contributed by atoms with Crippen LogP contribution in [0.15, 0.2) is 57.5 Å². The summed E-state index contributed by atoms with van der Waals surface area (Å²) in [7, 11) is 0. The van der Waals surface area contributed by atoms with Crippen LogP contribution < -0.4 is 9.47 Å². The average molecular weight is 409 g/mol. The molecule has 2 aromatic rings. The Hall–Kier alpha value is -0.870. The van der Waals surface area contributed by atoms with E-state index in [1.165, 1.54) is 0 Å². The molecule has 0 aliphatic rings. The van der Waals surface area contributed by atoms with E-state index in [2.05, 4.69) is 15.9 Å². The highest BCUT2D eigenvalue weighted by molar-refractivity contribution is 9.10. The molecule has 2 nitrogen and oxygen atoms in total. The van der Waals surface area contributed by atoms with Gasteiger partial charge in [-0.05, 0) is 58.4 Å². The van der Waals surface area contributed by atoms with Gasteiger partial charge in [0.15, 0.2) is 0 Å². The van der Waals surface area contributed by atoms with Crippen LogP contribution in [-0.4, -0.2) is 6.61 Å². The number of benzene rings is 2. The number of hydrogen-bond acceptors (Lipinski definition) is 2. The SMILES string of the molecule is ClC(Cl)=CCOc1ccc(Oc2cccc(Cl)c2)cc1Br. The van der Waals surface area contributed by atoms with Gasteiger partial charge < -0.3 is 9.47 Å². The third kappa shape index (κ3) is 5.44. The lowest BCUT2D eigenvalue weighted by molar-refractivity contribution is 0.359. The molecule has 0 amide bonds. The van der Waals surface area contributed by atoms with Gasteiger partial charge in [0.25, 0.3) is 0 Å². The molecule has 2 rings (SSSR count). The summed E-state index contributed by atoms with van der Waals surface area (Å²) in [6, 6.07) is 12.6. The van der Waals surface area contributed by atoms with Crippen LogP contribution in [0.2, 0.25) is 5.02 Å². The fourth-order valence-electron chi connectivity index (χ4n) is 1.52. The number of rotatable bonds is 5. The van der Waals surface area contributed by atoms with E-state index >= 15 is 0 Å². The van der Waals surface area contributed by atoms with Crippen LogP contribution in [0, 0.1) is 0 Å². The zero-order chi connectivity index (χ0) is 15.2. The lowest BCUT2D eigenvalue weighted by Gasteiger charge is -2.10. The summed E-state index contributed by atoms with van der Waals surface area (Å²) in [6.07, 6.45) is 1.56. The van der Waals surface area contributed by atoms with Gasteiger partial charge in [-0.25, -0.2) is 0 Å². The van der Waals surface area contributed by atoms with Gasteiger partial charge in [-0.3, -0.25) is 0 Å². The monoisotopic (exact) mass is 406 g/mol. The minimum absolute atomic E-state index is 0.173. The van der Waals surface area contributed by atoms with E-state index in [-0.39, 0.29) is 11.1 Å². The number of ether oxygens (including phenoxy) is 2. The van der Waals surface area contributed by atoms with Crippen molar-refractivity contribution in [2.24, 2.45) is 0 Å². The Labute approximate surface area is 146 Å². The Kier molecular flexibility index (Phi) is 6.24. The van der Waals surface area contributed by atoms with Gasteiger partial charge >= 0.3 is 0 Å². The maximum absolute atomic E-state index is 5.91. The highest BCUT2D eigenvalue weighted by Gasteiger charge is 2.04. The summed E-state index contributed by atoms with van der Waals surface area (Å²) in [5.41, 5.74) is 0. The van der Waals surface area contributed by atoms with E-state index in [1.54, 1.807) is 30.3 Å².